The van der Waals surface area contributed by atoms with Gasteiger partial charge in [0.2, 0.25) is 0 Å². The van der Waals surface area contributed by atoms with Crippen LogP contribution in [-0.4, -0.2) is 88.6 Å². The third-order valence-electron chi connectivity index (χ3n) is 4.90. The molecule has 0 aliphatic heterocycles. The zero-order valence-corrected chi connectivity index (χ0v) is 17.8. The number of alkyl halides is 26. The van der Waals surface area contributed by atoms with E-state index in [0.29, 0.717) is 0 Å². The first-order valence-corrected chi connectivity index (χ1v) is 8.69. The van der Waals surface area contributed by atoms with Crippen molar-refractivity contribution >= 4 is 5.97 Å². The Labute approximate surface area is 209 Å². The van der Waals surface area contributed by atoms with Crippen LogP contribution in [0.15, 0.2) is 0 Å². The van der Waals surface area contributed by atoms with Gasteiger partial charge < -0.3 is 5.11 Å². The van der Waals surface area contributed by atoms with Gasteiger partial charge in [0.05, 0.1) is 0 Å². The van der Waals surface area contributed by atoms with Gasteiger partial charge in [-0.1, -0.05) is 0 Å². The van der Waals surface area contributed by atoms with E-state index in [9.17, 15) is 119 Å². The Morgan fingerprint density at radius 3 is 0.690 bits per heavy atom. The molecule has 0 rings (SSSR count). The van der Waals surface area contributed by atoms with Crippen LogP contribution in [0.25, 0.3) is 0 Å². The lowest BCUT2D eigenvalue weighted by Gasteiger charge is -2.45. The van der Waals surface area contributed by atoms with E-state index in [4.69, 9.17) is 5.11 Å². The standard InChI is InChI=1S/C14H2F26O2/c15-1(16)3(17,18)5(21,22)7(25,26)9(29,30)11(33,34)13(37,38)14(39,40)12(35,36)10(31,32)8(27,28)6(23,24)4(19,20)2(41)42/h1H,(H,41,42). The van der Waals surface area contributed by atoms with Crippen LogP contribution in [0.2, 0.25) is 0 Å². The van der Waals surface area contributed by atoms with Crippen LogP contribution in [0.5, 0.6) is 0 Å². The Morgan fingerprint density at radius 1 is 0.357 bits per heavy atom. The maximum absolute atomic E-state index is 13.5. The van der Waals surface area contributed by atoms with E-state index in [1.165, 1.54) is 0 Å². The van der Waals surface area contributed by atoms with Gasteiger partial charge in [0.15, 0.2) is 0 Å². The second-order valence-corrected chi connectivity index (χ2v) is 7.55. The quantitative estimate of drug-likeness (QED) is 0.199. The van der Waals surface area contributed by atoms with Gasteiger partial charge in [0.25, 0.3) is 0 Å². The van der Waals surface area contributed by atoms with Crippen LogP contribution in [0, 0.1) is 0 Å². The van der Waals surface area contributed by atoms with Crippen molar-refractivity contribution in [1.29, 1.82) is 0 Å². The first-order valence-electron chi connectivity index (χ1n) is 8.69. The molecule has 28 heteroatoms. The van der Waals surface area contributed by atoms with Gasteiger partial charge in [-0.3, -0.25) is 0 Å². The minimum absolute atomic E-state index is 4.70. The summed E-state index contributed by atoms with van der Waals surface area (Å²) in [4.78, 5) is 9.90. The van der Waals surface area contributed by atoms with E-state index < -0.39 is 83.5 Å². The molecule has 0 radical (unpaired) electrons. The summed E-state index contributed by atoms with van der Waals surface area (Å²) >= 11 is 0. The van der Waals surface area contributed by atoms with Gasteiger partial charge in [-0.25, -0.2) is 13.6 Å². The number of halogens is 26. The fraction of sp³-hybridized carbons (Fsp3) is 0.929. The lowest BCUT2D eigenvalue weighted by Crippen LogP contribution is -2.78. The highest BCUT2D eigenvalue weighted by molar-refractivity contribution is 5.77. The topological polar surface area (TPSA) is 37.3 Å². The summed E-state index contributed by atoms with van der Waals surface area (Å²) in [6.45, 7) is 0. The Hall–Kier alpha value is -2.35. The number of carboxylic acids is 1. The van der Waals surface area contributed by atoms with E-state index in [-0.39, 0.29) is 0 Å². The molecule has 0 aliphatic rings. The van der Waals surface area contributed by atoms with Gasteiger partial charge >= 0.3 is 83.5 Å². The summed E-state index contributed by atoms with van der Waals surface area (Å²) in [6, 6.07) is 0. The second-order valence-electron chi connectivity index (χ2n) is 7.55. The van der Waals surface area contributed by atoms with Crippen molar-refractivity contribution < 1.29 is 124 Å². The number of rotatable bonds is 13. The highest BCUT2D eigenvalue weighted by atomic mass is 19.4. The largest absolute Gasteiger partial charge is 0.477 e. The molecule has 2 nitrogen and oxygen atoms in total. The number of carboxylic acid groups (broad SMARTS) is 1. The van der Waals surface area contributed by atoms with Gasteiger partial charge in [0, 0.05) is 0 Å². The fourth-order valence-electron chi connectivity index (χ4n) is 2.26. The third-order valence-corrected chi connectivity index (χ3v) is 4.90. The first kappa shape index (κ1) is 39.6. The predicted octanol–water partition coefficient (Wildman–Crippen LogP) is 7.96. The van der Waals surface area contributed by atoms with Crippen LogP contribution in [0.3, 0.4) is 0 Å². The molecule has 0 fully saturated rings. The molecule has 0 saturated carbocycles. The summed E-state index contributed by atoms with van der Waals surface area (Å²) in [5.41, 5.74) is 0. The normalized spacial score (nSPS) is 16.7. The van der Waals surface area contributed by atoms with Gasteiger partial charge in [-0.2, -0.15) is 105 Å². The molecule has 0 amide bonds. The molecule has 0 aliphatic carbocycles. The molecule has 252 valence electrons. The Bertz CT molecular complexity index is 1020. The monoisotopic (exact) mass is 696 g/mol. The summed E-state index contributed by atoms with van der Waals surface area (Å²) in [5.74, 6) is -114. The Morgan fingerprint density at radius 2 is 0.524 bits per heavy atom. The molecule has 0 heterocycles. The van der Waals surface area contributed by atoms with Crippen LogP contribution >= 0.6 is 0 Å². The first-order chi connectivity index (χ1) is 17.6. The fourth-order valence-corrected chi connectivity index (χ4v) is 2.26. The zero-order chi connectivity index (χ0) is 35.2. The van der Waals surface area contributed by atoms with Crippen LogP contribution in [0.4, 0.5) is 114 Å². The average molecular weight is 696 g/mol. The van der Waals surface area contributed by atoms with Crippen molar-refractivity contribution in [2.24, 2.45) is 0 Å². The van der Waals surface area contributed by atoms with E-state index in [1.54, 1.807) is 0 Å². The van der Waals surface area contributed by atoms with E-state index in [2.05, 4.69) is 0 Å². The minimum atomic E-state index is -9.75. The number of hydrogen-bond acceptors (Lipinski definition) is 1. The van der Waals surface area contributed by atoms with Gasteiger partial charge in [0.1, 0.15) is 0 Å². The summed E-state index contributed by atoms with van der Waals surface area (Å²) in [5, 5.41) is 7.65. The lowest BCUT2D eigenvalue weighted by molar-refractivity contribution is -0.479. The molecule has 0 atom stereocenters. The zero-order valence-electron chi connectivity index (χ0n) is 17.8. The average Bonchev–Trinajstić information content (AvgIpc) is 2.77. The van der Waals surface area contributed by atoms with Crippen LogP contribution in [0.1, 0.15) is 0 Å². The molecule has 1 N–H and O–H groups in total. The number of hydrogen-bond donors (Lipinski definition) is 1. The second kappa shape index (κ2) is 9.57. The molecule has 42 heavy (non-hydrogen) atoms. The van der Waals surface area contributed by atoms with Crippen molar-refractivity contribution in [3.63, 3.8) is 0 Å². The summed E-state index contributed by atoms with van der Waals surface area (Å²) in [7, 11) is 0. The molecule has 0 aromatic heterocycles. The van der Waals surface area contributed by atoms with Crippen molar-refractivity contribution in [2.45, 2.75) is 77.5 Å². The molecule has 0 bridgehead atoms. The molecule has 0 spiro atoms. The molecule has 0 aromatic carbocycles. The molecular formula is C14H2F26O2. The van der Waals surface area contributed by atoms with Crippen LogP contribution < -0.4 is 0 Å². The maximum Gasteiger partial charge on any atom is 0.410 e. The highest BCUT2D eigenvalue weighted by Gasteiger charge is 3.00. The number of carbonyl (C=O) groups is 1. The van der Waals surface area contributed by atoms with Crippen molar-refractivity contribution in [2.75, 3.05) is 0 Å². The lowest BCUT2D eigenvalue weighted by atomic mass is 9.84. The minimum Gasteiger partial charge on any atom is -0.477 e. The van der Waals surface area contributed by atoms with Crippen molar-refractivity contribution in [3.05, 3.63) is 0 Å². The SMILES string of the molecule is O=C(O)C(F)(F)C(F)(F)C(F)(F)C(F)(F)C(F)(F)C(F)(F)C(F)(F)C(F)(F)C(F)(F)C(F)(F)C(F)(F)C(F)(F)C(F)F. The summed E-state index contributed by atoms with van der Waals surface area (Å²) < 4.78 is 342. The smallest absolute Gasteiger partial charge is 0.410 e. The maximum atomic E-state index is 13.5. The molecule has 0 unspecified atom stereocenters. The van der Waals surface area contributed by atoms with Gasteiger partial charge in [-0.15, -0.1) is 0 Å². The van der Waals surface area contributed by atoms with E-state index in [0.717, 1.165) is 0 Å². The van der Waals surface area contributed by atoms with Crippen molar-refractivity contribution in [3.8, 4) is 0 Å². The number of aliphatic carboxylic acids is 1. The Balaban J connectivity index is 7.43. The molecule has 0 aromatic rings. The Kier molecular flexibility index (Phi) is 9.04. The third kappa shape index (κ3) is 4.28. The van der Waals surface area contributed by atoms with E-state index >= 15 is 0 Å². The summed E-state index contributed by atoms with van der Waals surface area (Å²) in [6.07, 6.45) is -6.35. The van der Waals surface area contributed by atoms with Gasteiger partial charge in [-0.05, 0) is 0 Å². The predicted molar refractivity (Wildman–Crippen MR) is 73.0 cm³/mol. The molecular weight excluding hydrogens is 694 g/mol. The van der Waals surface area contributed by atoms with E-state index in [1.807, 2.05) is 0 Å². The van der Waals surface area contributed by atoms with Crippen LogP contribution in [-0.2, 0) is 4.79 Å². The molecule has 0 saturated heterocycles. The van der Waals surface area contributed by atoms with Crippen molar-refractivity contribution in [1.82, 2.24) is 0 Å². The highest BCUT2D eigenvalue weighted by Crippen LogP contribution is 2.67.